The van der Waals surface area contributed by atoms with Gasteiger partial charge in [-0.3, -0.25) is 9.59 Å². The largest absolute Gasteiger partial charge is 0.505 e. The van der Waals surface area contributed by atoms with Crippen molar-refractivity contribution in [2.24, 2.45) is 5.73 Å². The van der Waals surface area contributed by atoms with Gasteiger partial charge >= 0.3 is 0 Å². The van der Waals surface area contributed by atoms with Gasteiger partial charge in [0.05, 0.1) is 6.61 Å². The van der Waals surface area contributed by atoms with E-state index in [2.05, 4.69) is 10.3 Å². The van der Waals surface area contributed by atoms with Crippen LogP contribution in [0.4, 0.5) is 0 Å². The van der Waals surface area contributed by atoms with Gasteiger partial charge < -0.3 is 20.9 Å². The summed E-state index contributed by atoms with van der Waals surface area (Å²) in [6.45, 7) is 0.162. The Balaban J connectivity index is 2.31. The van der Waals surface area contributed by atoms with E-state index >= 15 is 0 Å². The Hall–Kier alpha value is -2.15. The van der Waals surface area contributed by atoms with E-state index in [0.717, 1.165) is 0 Å². The summed E-state index contributed by atoms with van der Waals surface area (Å²) in [5, 5.41) is 11.8. The lowest BCUT2D eigenvalue weighted by Gasteiger charge is -2.05. The Morgan fingerprint density at radius 1 is 1.53 bits per heavy atom. The zero-order valence-electron chi connectivity index (χ0n) is 9.05. The first kappa shape index (κ1) is 12.9. The van der Waals surface area contributed by atoms with Gasteiger partial charge in [0.2, 0.25) is 5.91 Å². The Kier molecular flexibility index (Phi) is 4.89. The molecule has 0 saturated heterocycles. The molecule has 1 heterocycles. The van der Waals surface area contributed by atoms with E-state index in [-0.39, 0.29) is 31.2 Å². The number of pyridine rings is 1. The van der Waals surface area contributed by atoms with E-state index < -0.39 is 11.8 Å². The summed E-state index contributed by atoms with van der Waals surface area (Å²) in [5.74, 6) is -1.27. The van der Waals surface area contributed by atoms with Gasteiger partial charge in [0.1, 0.15) is 12.4 Å². The van der Waals surface area contributed by atoms with E-state index in [9.17, 15) is 14.7 Å². The molecule has 1 rings (SSSR count). The molecular formula is C10H13N3O4. The van der Waals surface area contributed by atoms with Gasteiger partial charge in [-0.25, -0.2) is 4.98 Å². The third-order valence-electron chi connectivity index (χ3n) is 1.78. The van der Waals surface area contributed by atoms with Crippen molar-refractivity contribution < 1.29 is 19.4 Å². The van der Waals surface area contributed by atoms with Crippen LogP contribution in [0.15, 0.2) is 18.3 Å². The zero-order valence-corrected chi connectivity index (χ0v) is 9.05. The molecule has 4 N–H and O–H groups in total. The molecule has 0 aliphatic carbocycles. The molecule has 0 fully saturated rings. The number of primary amides is 1. The standard InChI is InChI=1S/C10H13N3O4/c11-8(15)6-17-5-4-13-10(16)9-7(14)2-1-3-12-9/h1-3,14H,4-6H2,(H2,11,15)(H,13,16). The molecule has 0 bridgehead atoms. The molecular weight excluding hydrogens is 226 g/mol. The van der Waals surface area contributed by atoms with Crippen LogP contribution < -0.4 is 11.1 Å². The van der Waals surface area contributed by atoms with Crippen LogP contribution >= 0.6 is 0 Å². The summed E-state index contributed by atoms with van der Waals surface area (Å²) in [4.78, 5) is 25.5. The topological polar surface area (TPSA) is 115 Å². The van der Waals surface area contributed by atoms with Gasteiger partial charge in [-0.1, -0.05) is 0 Å². The second-order valence-corrected chi connectivity index (χ2v) is 3.15. The van der Waals surface area contributed by atoms with Crippen LogP contribution in [0, 0.1) is 0 Å². The number of carbonyl (C=O) groups is 2. The van der Waals surface area contributed by atoms with Crippen LogP contribution in [0.1, 0.15) is 10.5 Å². The van der Waals surface area contributed by atoms with Gasteiger partial charge in [0.25, 0.3) is 5.91 Å². The highest BCUT2D eigenvalue weighted by atomic mass is 16.5. The summed E-state index contributed by atoms with van der Waals surface area (Å²) >= 11 is 0. The molecule has 0 radical (unpaired) electrons. The first-order valence-corrected chi connectivity index (χ1v) is 4.89. The van der Waals surface area contributed by atoms with E-state index in [1.807, 2.05) is 0 Å². The van der Waals surface area contributed by atoms with Crippen molar-refractivity contribution in [3.63, 3.8) is 0 Å². The number of hydrogen-bond donors (Lipinski definition) is 3. The number of nitrogens with two attached hydrogens (primary N) is 1. The fraction of sp³-hybridized carbons (Fsp3) is 0.300. The first-order valence-electron chi connectivity index (χ1n) is 4.89. The number of hydrogen-bond acceptors (Lipinski definition) is 5. The molecule has 0 aliphatic rings. The number of carbonyl (C=O) groups excluding carboxylic acids is 2. The van der Waals surface area contributed by atoms with Gasteiger partial charge in [-0.15, -0.1) is 0 Å². The number of rotatable bonds is 6. The van der Waals surface area contributed by atoms with Crippen LogP contribution in [0.5, 0.6) is 5.75 Å². The normalized spacial score (nSPS) is 9.88. The SMILES string of the molecule is NC(=O)COCCNC(=O)c1ncccc1O. The number of ether oxygens (including phenoxy) is 1. The first-order chi connectivity index (χ1) is 8.11. The van der Waals surface area contributed by atoms with Crippen molar-refractivity contribution in [2.75, 3.05) is 19.8 Å². The number of aromatic nitrogens is 1. The van der Waals surface area contributed by atoms with Crippen molar-refractivity contribution in [1.29, 1.82) is 0 Å². The second kappa shape index (κ2) is 6.44. The highest BCUT2D eigenvalue weighted by Gasteiger charge is 2.10. The molecule has 92 valence electrons. The molecule has 1 aromatic heterocycles. The fourth-order valence-electron chi connectivity index (χ4n) is 1.06. The maximum absolute atomic E-state index is 11.5. The average molecular weight is 239 g/mol. The minimum absolute atomic E-state index is 0.0533. The van der Waals surface area contributed by atoms with E-state index in [4.69, 9.17) is 10.5 Å². The van der Waals surface area contributed by atoms with Gasteiger partial charge in [-0.2, -0.15) is 0 Å². The number of aromatic hydroxyl groups is 1. The molecule has 17 heavy (non-hydrogen) atoms. The zero-order chi connectivity index (χ0) is 12.7. The maximum Gasteiger partial charge on any atom is 0.273 e. The van der Waals surface area contributed by atoms with Crippen LogP contribution in [-0.4, -0.2) is 41.7 Å². The van der Waals surface area contributed by atoms with Crippen LogP contribution in [0.2, 0.25) is 0 Å². The maximum atomic E-state index is 11.5. The van der Waals surface area contributed by atoms with Crippen molar-refractivity contribution in [2.45, 2.75) is 0 Å². The molecule has 0 aliphatic heterocycles. The Bertz CT molecular complexity index is 408. The Labute approximate surface area is 97.6 Å². The smallest absolute Gasteiger partial charge is 0.273 e. The lowest BCUT2D eigenvalue weighted by molar-refractivity contribution is -0.122. The van der Waals surface area contributed by atoms with E-state index in [0.29, 0.717) is 0 Å². The monoisotopic (exact) mass is 239 g/mol. The quantitative estimate of drug-likeness (QED) is 0.552. The summed E-state index contributed by atoms with van der Waals surface area (Å²) in [7, 11) is 0. The molecule has 0 aromatic carbocycles. The van der Waals surface area contributed by atoms with Crippen LogP contribution in [0.3, 0.4) is 0 Å². The lowest BCUT2D eigenvalue weighted by atomic mass is 10.3. The predicted octanol–water partition coefficient (Wildman–Crippen LogP) is -0.981. The summed E-state index contributed by atoms with van der Waals surface area (Å²) in [5.41, 5.74) is 4.80. The number of amides is 2. The predicted molar refractivity (Wildman–Crippen MR) is 58.2 cm³/mol. The minimum Gasteiger partial charge on any atom is -0.505 e. The molecule has 0 atom stereocenters. The highest BCUT2D eigenvalue weighted by Crippen LogP contribution is 2.11. The van der Waals surface area contributed by atoms with Crippen molar-refractivity contribution in [3.05, 3.63) is 24.0 Å². The van der Waals surface area contributed by atoms with Crippen LogP contribution in [0.25, 0.3) is 0 Å². The summed E-state index contributed by atoms with van der Waals surface area (Å²) in [6, 6.07) is 2.88. The van der Waals surface area contributed by atoms with Crippen molar-refractivity contribution >= 4 is 11.8 Å². The minimum atomic E-state index is -0.571. The van der Waals surface area contributed by atoms with Crippen LogP contribution in [-0.2, 0) is 9.53 Å². The number of nitrogens with zero attached hydrogens (tertiary/aromatic N) is 1. The van der Waals surface area contributed by atoms with E-state index in [1.165, 1.54) is 18.3 Å². The fourth-order valence-corrected chi connectivity index (χ4v) is 1.06. The third kappa shape index (κ3) is 4.47. The second-order valence-electron chi connectivity index (χ2n) is 3.15. The molecule has 1 aromatic rings. The molecule has 2 amide bonds. The Morgan fingerprint density at radius 2 is 2.29 bits per heavy atom. The molecule has 7 nitrogen and oxygen atoms in total. The third-order valence-corrected chi connectivity index (χ3v) is 1.78. The molecule has 7 heteroatoms. The van der Waals surface area contributed by atoms with Gasteiger partial charge in [0, 0.05) is 12.7 Å². The molecule has 0 unspecified atom stereocenters. The van der Waals surface area contributed by atoms with E-state index in [1.54, 1.807) is 0 Å². The highest BCUT2D eigenvalue weighted by molar-refractivity contribution is 5.94. The molecule has 0 spiro atoms. The van der Waals surface area contributed by atoms with Crippen molar-refractivity contribution in [3.8, 4) is 5.75 Å². The molecule has 0 saturated carbocycles. The van der Waals surface area contributed by atoms with Gasteiger partial charge in [0.15, 0.2) is 5.69 Å². The average Bonchev–Trinajstić information content (AvgIpc) is 2.28. The number of nitrogens with one attached hydrogen (secondary N) is 1. The summed E-state index contributed by atoms with van der Waals surface area (Å²) < 4.78 is 4.84. The summed E-state index contributed by atoms with van der Waals surface area (Å²) in [6.07, 6.45) is 1.40. The lowest BCUT2D eigenvalue weighted by Crippen LogP contribution is -2.29. The van der Waals surface area contributed by atoms with Crippen molar-refractivity contribution in [1.82, 2.24) is 10.3 Å². The van der Waals surface area contributed by atoms with Gasteiger partial charge in [-0.05, 0) is 12.1 Å². The Morgan fingerprint density at radius 3 is 2.94 bits per heavy atom.